The molecular weight excluding hydrogens is 528 g/mol. The van der Waals surface area contributed by atoms with E-state index >= 15 is 0 Å². The molecule has 9 heteroatoms. The van der Waals surface area contributed by atoms with E-state index in [9.17, 15) is 14.7 Å². The fourth-order valence-electron chi connectivity index (χ4n) is 5.09. The molecule has 1 amide bonds. The molecule has 1 saturated heterocycles. The van der Waals surface area contributed by atoms with Gasteiger partial charge in [-0.1, -0.05) is 36.1 Å². The van der Waals surface area contributed by atoms with E-state index in [0.717, 1.165) is 16.0 Å². The van der Waals surface area contributed by atoms with Crippen LogP contribution in [0.25, 0.3) is 16.0 Å². The lowest BCUT2D eigenvalue weighted by molar-refractivity contribution is -0.132. The van der Waals surface area contributed by atoms with Gasteiger partial charge in [0.25, 0.3) is 5.78 Å². The van der Waals surface area contributed by atoms with Crippen LogP contribution in [-0.4, -0.2) is 41.6 Å². The first-order chi connectivity index (χ1) is 19.4. The highest BCUT2D eigenvalue weighted by molar-refractivity contribution is 7.22. The lowest BCUT2D eigenvalue weighted by Crippen LogP contribution is -2.29. The van der Waals surface area contributed by atoms with Gasteiger partial charge in [0.05, 0.1) is 28.9 Å². The van der Waals surface area contributed by atoms with Crippen molar-refractivity contribution in [3.05, 3.63) is 95.6 Å². The van der Waals surface area contributed by atoms with Gasteiger partial charge in [-0.15, -0.1) is 0 Å². The molecule has 4 aromatic rings. The standard InChI is InChI=1S/C31H26N2O6S/c1-4-13-38-21-8-5-18(6-9-21)27-26(28(34)19-7-12-24-20(15-19)14-17(2)39-24)29(35)30(36)33(27)31-32-23-11-10-22(37-3)16-25(23)40-31/h4-12,15-17,27,34H,1,13-14H2,2-3H3/b28-26+/t17-,27-/m0/s1. The molecule has 0 spiro atoms. The Morgan fingerprint density at radius 2 is 1.93 bits per heavy atom. The van der Waals surface area contributed by atoms with Gasteiger partial charge in [0.2, 0.25) is 0 Å². The predicted octanol–water partition coefficient (Wildman–Crippen LogP) is 5.82. The summed E-state index contributed by atoms with van der Waals surface area (Å²) < 4.78 is 17.6. The number of benzene rings is 3. The topological polar surface area (TPSA) is 98.2 Å². The minimum atomic E-state index is -0.903. The SMILES string of the molecule is C=CCOc1ccc([C@H]2/C(=C(\O)c3ccc4c(c3)C[C@H](C)O4)C(=O)C(=O)N2c2nc3ccc(OC)cc3s2)cc1. The van der Waals surface area contributed by atoms with Crippen molar-refractivity contribution in [3.8, 4) is 17.2 Å². The largest absolute Gasteiger partial charge is 0.507 e. The second-order valence-electron chi connectivity index (χ2n) is 9.62. The van der Waals surface area contributed by atoms with Gasteiger partial charge < -0.3 is 19.3 Å². The summed E-state index contributed by atoms with van der Waals surface area (Å²) in [5.74, 6) is 0.231. The van der Waals surface area contributed by atoms with E-state index in [4.69, 9.17) is 14.2 Å². The van der Waals surface area contributed by atoms with Gasteiger partial charge in [0.15, 0.2) is 5.13 Å². The zero-order valence-electron chi connectivity index (χ0n) is 21.9. The maximum Gasteiger partial charge on any atom is 0.301 e. The molecule has 202 valence electrons. The van der Waals surface area contributed by atoms with E-state index in [0.29, 0.717) is 46.3 Å². The summed E-state index contributed by atoms with van der Waals surface area (Å²) in [5.41, 5.74) is 2.67. The number of ketones is 1. The quantitative estimate of drug-likeness (QED) is 0.133. The summed E-state index contributed by atoms with van der Waals surface area (Å²) >= 11 is 1.27. The van der Waals surface area contributed by atoms with Crippen LogP contribution < -0.4 is 19.1 Å². The average molecular weight is 555 g/mol. The smallest absolute Gasteiger partial charge is 0.301 e. The number of aliphatic hydroxyl groups excluding tert-OH is 1. The van der Waals surface area contributed by atoms with Crippen molar-refractivity contribution in [1.29, 1.82) is 0 Å². The van der Waals surface area contributed by atoms with Crippen LogP contribution in [0.4, 0.5) is 5.13 Å². The lowest BCUT2D eigenvalue weighted by atomic mass is 9.94. The minimum Gasteiger partial charge on any atom is -0.507 e. The van der Waals surface area contributed by atoms with Crippen LogP contribution in [0.15, 0.2) is 78.9 Å². The molecule has 1 N–H and O–H groups in total. The average Bonchev–Trinajstić information content (AvgIpc) is 3.63. The highest BCUT2D eigenvalue weighted by atomic mass is 32.1. The first-order valence-corrected chi connectivity index (χ1v) is 13.6. The molecule has 3 aromatic carbocycles. The van der Waals surface area contributed by atoms with Crippen molar-refractivity contribution >= 4 is 44.1 Å². The maximum atomic E-state index is 13.6. The first kappa shape index (κ1) is 25.6. The fraction of sp³-hybridized carbons (Fsp3) is 0.194. The number of ether oxygens (including phenoxy) is 3. The molecule has 0 saturated carbocycles. The Kier molecular flexibility index (Phi) is 6.51. The van der Waals surface area contributed by atoms with Crippen LogP contribution in [-0.2, 0) is 16.0 Å². The number of fused-ring (bicyclic) bond motifs is 2. The van der Waals surface area contributed by atoms with Gasteiger partial charge in [-0.3, -0.25) is 14.5 Å². The Balaban J connectivity index is 1.49. The zero-order valence-corrected chi connectivity index (χ0v) is 22.7. The number of carbonyl (C=O) groups excluding carboxylic acids is 2. The summed E-state index contributed by atoms with van der Waals surface area (Å²) in [6.45, 7) is 5.98. The Labute approximate surface area is 234 Å². The number of methoxy groups -OCH3 is 1. The van der Waals surface area contributed by atoms with Crippen LogP contribution >= 0.6 is 11.3 Å². The van der Waals surface area contributed by atoms with Crippen molar-refractivity contribution < 1.29 is 28.9 Å². The number of thiazole rings is 1. The molecule has 3 heterocycles. The summed E-state index contributed by atoms with van der Waals surface area (Å²) in [5, 5.41) is 11.9. The van der Waals surface area contributed by atoms with Gasteiger partial charge in [-0.2, -0.15) is 0 Å². The summed E-state index contributed by atoms with van der Waals surface area (Å²) in [7, 11) is 1.58. The molecule has 2 aliphatic rings. The number of nitrogens with zero attached hydrogens (tertiary/aromatic N) is 2. The Morgan fingerprint density at radius 1 is 1.15 bits per heavy atom. The van der Waals surface area contributed by atoms with Crippen LogP contribution in [0.2, 0.25) is 0 Å². The minimum absolute atomic E-state index is 0.00601. The van der Waals surface area contributed by atoms with E-state index < -0.39 is 17.7 Å². The Hall–Kier alpha value is -4.63. The van der Waals surface area contributed by atoms with Crippen LogP contribution in [0.5, 0.6) is 17.2 Å². The fourth-order valence-corrected chi connectivity index (χ4v) is 6.12. The van der Waals surface area contributed by atoms with Crippen molar-refractivity contribution in [2.45, 2.75) is 25.5 Å². The van der Waals surface area contributed by atoms with Crippen LogP contribution in [0.1, 0.15) is 29.7 Å². The number of Topliss-reactive ketones (excluding diaryl/α,β-unsaturated/α-hetero) is 1. The molecule has 6 rings (SSSR count). The third-order valence-electron chi connectivity index (χ3n) is 6.97. The third-order valence-corrected chi connectivity index (χ3v) is 7.99. The van der Waals surface area contributed by atoms with Gasteiger partial charge in [0.1, 0.15) is 35.7 Å². The molecule has 1 aromatic heterocycles. The number of carbonyl (C=O) groups is 2. The number of amides is 1. The van der Waals surface area contributed by atoms with E-state index in [1.807, 2.05) is 19.1 Å². The third kappa shape index (κ3) is 4.38. The summed E-state index contributed by atoms with van der Waals surface area (Å²) in [6.07, 6.45) is 2.36. The number of aliphatic hydroxyl groups is 1. The van der Waals surface area contributed by atoms with Crippen molar-refractivity contribution in [1.82, 2.24) is 4.98 Å². The second kappa shape index (κ2) is 10.2. The molecular formula is C31H26N2O6S. The monoisotopic (exact) mass is 554 g/mol. The molecule has 0 radical (unpaired) electrons. The van der Waals surface area contributed by atoms with E-state index in [1.165, 1.54) is 16.2 Å². The van der Waals surface area contributed by atoms with Gasteiger partial charge in [-0.25, -0.2) is 4.98 Å². The van der Waals surface area contributed by atoms with Gasteiger partial charge >= 0.3 is 5.91 Å². The molecule has 1 fully saturated rings. The molecule has 40 heavy (non-hydrogen) atoms. The van der Waals surface area contributed by atoms with Crippen molar-refractivity contribution in [3.63, 3.8) is 0 Å². The number of hydrogen-bond acceptors (Lipinski definition) is 8. The second-order valence-corrected chi connectivity index (χ2v) is 10.6. The lowest BCUT2D eigenvalue weighted by Gasteiger charge is -2.23. The summed E-state index contributed by atoms with van der Waals surface area (Å²) in [6, 6.07) is 16.9. The zero-order chi connectivity index (χ0) is 28.0. The maximum absolute atomic E-state index is 13.6. The molecule has 8 nitrogen and oxygen atoms in total. The Morgan fingerprint density at radius 3 is 2.67 bits per heavy atom. The molecule has 0 bridgehead atoms. The van der Waals surface area contributed by atoms with Crippen LogP contribution in [0, 0.1) is 0 Å². The van der Waals surface area contributed by atoms with Gasteiger partial charge in [0, 0.05) is 12.0 Å². The molecule has 0 unspecified atom stereocenters. The van der Waals surface area contributed by atoms with Crippen LogP contribution in [0.3, 0.4) is 0 Å². The normalized spacial score (nSPS) is 19.5. The first-order valence-electron chi connectivity index (χ1n) is 12.8. The van der Waals surface area contributed by atoms with E-state index in [1.54, 1.807) is 61.7 Å². The van der Waals surface area contributed by atoms with Crippen molar-refractivity contribution in [2.24, 2.45) is 0 Å². The predicted molar refractivity (Wildman–Crippen MR) is 153 cm³/mol. The number of rotatable bonds is 7. The number of anilines is 1. The molecule has 2 atom stereocenters. The molecule has 2 aliphatic heterocycles. The highest BCUT2D eigenvalue weighted by Gasteiger charge is 2.48. The highest BCUT2D eigenvalue weighted by Crippen LogP contribution is 2.45. The number of aromatic nitrogens is 1. The van der Waals surface area contributed by atoms with Crippen molar-refractivity contribution in [2.75, 3.05) is 18.6 Å². The number of hydrogen-bond donors (Lipinski definition) is 1. The van der Waals surface area contributed by atoms with E-state index in [-0.39, 0.29) is 17.4 Å². The summed E-state index contributed by atoms with van der Waals surface area (Å²) in [4.78, 5) is 33.2. The molecule has 0 aliphatic carbocycles. The van der Waals surface area contributed by atoms with E-state index in [2.05, 4.69) is 11.6 Å². The van der Waals surface area contributed by atoms with Gasteiger partial charge in [-0.05, 0) is 66.6 Å². The Bertz CT molecular complexity index is 1690.